The predicted octanol–water partition coefficient (Wildman–Crippen LogP) is 1.49. The van der Waals surface area contributed by atoms with Crippen molar-refractivity contribution in [1.29, 1.82) is 0 Å². The molecular formula is C10H13N2O2PS. The maximum atomic E-state index is 11.5. The van der Waals surface area contributed by atoms with Crippen LogP contribution < -0.4 is 5.32 Å². The second-order valence-electron chi connectivity index (χ2n) is 3.67. The van der Waals surface area contributed by atoms with Crippen molar-refractivity contribution in [2.45, 2.75) is 13.1 Å². The number of benzene rings is 1. The molecule has 0 aromatic heterocycles. The van der Waals surface area contributed by atoms with E-state index in [9.17, 15) is 8.42 Å². The minimum Gasteiger partial charge on any atom is -0.365 e. The van der Waals surface area contributed by atoms with Crippen LogP contribution >= 0.6 is 8.44 Å². The molecule has 0 bridgehead atoms. The van der Waals surface area contributed by atoms with Gasteiger partial charge in [-0.15, -0.1) is 0 Å². The normalized spacial score (nSPS) is 19.9. The van der Waals surface area contributed by atoms with Crippen LogP contribution in [0.3, 0.4) is 0 Å². The largest absolute Gasteiger partial charge is 0.365 e. The minimum absolute atomic E-state index is 0.344. The average Bonchev–Trinajstić information content (AvgIpc) is 2.66. The smallest absolute Gasteiger partial charge is 0.247 e. The highest BCUT2D eigenvalue weighted by Gasteiger charge is 2.27. The molecule has 0 fully saturated rings. The molecule has 1 aliphatic rings. The molecule has 1 aromatic carbocycles. The van der Waals surface area contributed by atoms with Crippen molar-refractivity contribution in [2.24, 2.45) is 0 Å². The van der Waals surface area contributed by atoms with E-state index >= 15 is 0 Å². The van der Waals surface area contributed by atoms with Crippen molar-refractivity contribution in [1.82, 2.24) is 9.62 Å². The van der Waals surface area contributed by atoms with Crippen LogP contribution in [0.5, 0.6) is 0 Å². The molecule has 2 rings (SSSR count). The molecule has 0 spiro atoms. The summed E-state index contributed by atoms with van der Waals surface area (Å²) >= 11 is 0. The topological polar surface area (TPSA) is 49.4 Å². The van der Waals surface area contributed by atoms with E-state index in [1.54, 1.807) is 6.20 Å². The number of hydrogen-bond donors (Lipinski definition) is 1. The zero-order valence-corrected chi connectivity index (χ0v) is 10.8. The van der Waals surface area contributed by atoms with Crippen molar-refractivity contribution >= 4 is 18.1 Å². The van der Waals surface area contributed by atoms with Crippen LogP contribution in [0.15, 0.2) is 36.7 Å². The lowest BCUT2D eigenvalue weighted by Crippen LogP contribution is -2.29. The maximum Gasteiger partial charge on any atom is 0.247 e. The molecule has 0 saturated heterocycles. The van der Waals surface area contributed by atoms with E-state index in [0.29, 0.717) is 0 Å². The first kappa shape index (κ1) is 11.4. The molecule has 1 aliphatic heterocycles. The molecule has 0 aliphatic carbocycles. The third kappa shape index (κ3) is 2.20. The van der Waals surface area contributed by atoms with Gasteiger partial charge in [0.15, 0.2) is 0 Å². The van der Waals surface area contributed by atoms with Crippen molar-refractivity contribution in [2.75, 3.05) is 0 Å². The first-order valence-electron chi connectivity index (χ1n) is 4.79. The zero-order valence-electron chi connectivity index (χ0n) is 8.79. The van der Waals surface area contributed by atoms with Gasteiger partial charge in [-0.1, -0.05) is 29.8 Å². The van der Waals surface area contributed by atoms with E-state index in [4.69, 9.17) is 0 Å². The number of rotatable bonds is 2. The molecule has 0 amide bonds. The standard InChI is InChI=1S/C10H13N2O2PS/c1-8-2-4-9(5-3-8)10-11-6-7-12(10)16(13,14)15/h2-7,10-11H,15H2,1H3. The molecule has 1 N–H and O–H groups in total. The van der Waals surface area contributed by atoms with Gasteiger partial charge in [0.05, 0.1) is 0 Å². The summed E-state index contributed by atoms with van der Waals surface area (Å²) in [6.07, 6.45) is 2.81. The third-order valence-electron chi connectivity index (χ3n) is 2.42. The lowest BCUT2D eigenvalue weighted by Gasteiger charge is -2.23. The molecule has 16 heavy (non-hydrogen) atoms. The van der Waals surface area contributed by atoms with Crippen molar-refractivity contribution in [3.05, 3.63) is 47.8 Å². The average molecular weight is 256 g/mol. The zero-order chi connectivity index (χ0) is 11.8. The molecule has 1 aromatic rings. The van der Waals surface area contributed by atoms with Crippen LogP contribution in [0.2, 0.25) is 0 Å². The molecule has 0 saturated carbocycles. The highest BCUT2D eigenvalue weighted by molar-refractivity contribution is 8.36. The highest BCUT2D eigenvalue weighted by atomic mass is 32.7. The first-order chi connectivity index (χ1) is 7.48. The Morgan fingerprint density at radius 2 is 1.94 bits per heavy atom. The molecule has 4 nitrogen and oxygen atoms in total. The SMILES string of the molecule is Cc1ccc(C2NC=CN2S(=O)(=O)P)cc1. The van der Waals surface area contributed by atoms with Crippen LogP contribution in [0.1, 0.15) is 17.3 Å². The summed E-state index contributed by atoms with van der Waals surface area (Å²) in [6, 6.07) is 7.76. The summed E-state index contributed by atoms with van der Waals surface area (Å²) in [6.45, 7) is 1.99. The molecule has 2 unspecified atom stereocenters. The van der Waals surface area contributed by atoms with E-state index in [2.05, 4.69) is 5.32 Å². The van der Waals surface area contributed by atoms with Gasteiger partial charge in [-0.2, -0.15) is 0 Å². The Labute approximate surface area is 97.3 Å². The van der Waals surface area contributed by atoms with Gasteiger partial charge in [0.2, 0.25) is 9.64 Å². The lowest BCUT2D eigenvalue weighted by atomic mass is 10.1. The Morgan fingerprint density at radius 3 is 2.50 bits per heavy atom. The van der Waals surface area contributed by atoms with Crippen LogP contribution in [0, 0.1) is 6.92 Å². The predicted molar refractivity (Wildman–Crippen MR) is 66.7 cm³/mol. The van der Waals surface area contributed by atoms with Crippen LogP contribution in [0.25, 0.3) is 0 Å². The van der Waals surface area contributed by atoms with E-state index in [1.165, 1.54) is 10.5 Å². The van der Waals surface area contributed by atoms with Gasteiger partial charge in [-0.25, -0.2) is 12.7 Å². The van der Waals surface area contributed by atoms with E-state index in [-0.39, 0.29) is 6.17 Å². The molecule has 86 valence electrons. The van der Waals surface area contributed by atoms with Crippen molar-refractivity contribution in [3.8, 4) is 0 Å². The summed E-state index contributed by atoms with van der Waals surface area (Å²) < 4.78 is 24.2. The first-order valence-corrected chi connectivity index (χ1v) is 7.71. The summed E-state index contributed by atoms with van der Waals surface area (Å²) in [5.74, 6) is 0. The minimum atomic E-state index is -3.31. The van der Waals surface area contributed by atoms with Crippen molar-refractivity contribution < 1.29 is 8.42 Å². The number of aryl methyl sites for hydroxylation is 1. The fourth-order valence-electron chi connectivity index (χ4n) is 1.59. The number of nitrogens with one attached hydrogen (secondary N) is 1. The molecular weight excluding hydrogens is 243 g/mol. The fourth-order valence-corrected chi connectivity index (χ4v) is 2.87. The Morgan fingerprint density at radius 1 is 1.31 bits per heavy atom. The maximum absolute atomic E-state index is 11.5. The molecule has 0 radical (unpaired) electrons. The Hall–Kier alpha value is -1.06. The molecule has 2 atom stereocenters. The second kappa shape index (κ2) is 4.07. The van der Waals surface area contributed by atoms with Gasteiger partial charge < -0.3 is 5.32 Å². The number of nitrogens with zero attached hydrogens (tertiary/aromatic N) is 1. The van der Waals surface area contributed by atoms with Gasteiger partial charge in [-0.05, 0) is 12.5 Å². The summed E-state index contributed by atoms with van der Waals surface area (Å²) in [5, 5.41) is 3.00. The Balaban J connectivity index is 2.32. The van der Waals surface area contributed by atoms with E-state index in [0.717, 1.165) is 11.1 Å². The van der Waals surface area contributed by atoms with Gasteiger partial charge >= 0.3 is 0 Å². The monoisotopic (exact) mass is 256 g/mol. The van der Waals surface area contributed by atoms with Crippen LogP contribution in [0.4, 0.5) is 0 Å². The van der Waals surface area contributed by atoms with E-state index < -0.39 is 9.64 Å². The van der Waals surface area contributed by atoms with Gasteiger partial charge in [0, 0.05) is 20.8 Å². The van der Waals surface area contributed by atoms with Crippen molar-refractivity contribution in [3.63, 3.8) is 0 Å². The van der Waals surface area contributed by atoms with Crippen LogP contribution in [-0.4, -0.2) is 12.7 Å². The summed E-state index contributed by atoms with van der Waals surface area (Å²) in [4.78, 5) is 0. The Kier molecular flexibility index (Phi) is 2.91. The number of hydrogen-bond acceptors (Lipinski definition) is 3. The fraction of sp³-hybridized carbons (Fsp3) is 0.200. The van der Waals surface area contributed by atoms with E-state index in [1.807, 2.05) is 39.6 Å². The highest BCUT2D eigenvalue weighted by Crippen LogP contribution is 2.28. The molecule has 6 heteroatoms. The van der Waals surface area contributed by atoms with Gasteiger partial charge in [-0.3, -0.25) is 0 Å². The Bertz CT molecular complexity index is 510. The lowest BCUT2D eigenvalue weighted by molar-refractivity contribution is 0.417. The second-order valence-corrected chi connectivity index (χ2v) is 6.91. The third-order valence-corrected chi connectivity index (χ3v) is 4.07. The molecule has 1 heterocycles. The quantitative estimate of drug-likeness (QED) is 0.816. The summed E-state index contributed by atoms with van der Waals surface area (Å²) in [5.41, 5.74) is 2.07. The van der Waals surface area contributed by atoms with Crippen LogP contribution in [-0.2, 0) is 9.64 Å². The van der Waals surface area contributed by atoms with Gasteiger partial charge in [0.1, 0.15) is 6.17 Å². The summed E-state index contributed by atoms with van der Waals surface area (Å²) in [7, 11) is -1.46. The van der Waals surface area contributed by atoms with Gasteiger partial charge in [0.25, 0.3) is 0 Å².